The minimum absolute atomic E-state index is 0.0299. The van der Waals surface area contributed by atoms with Crippen molar-refractivity contribution in [1.82, 2.24) is 14.9 Å². The summed E-state index contributed by atoms with van der Waals surface area (Å²) in [7, 11) is 0. The maximum atomic E-state index is 9.81. The fourth-order valence-electron chi connectivity index (χ4n) is 2.93. The first-order valence-corrected chi connectivity index (χ1v) is 6.79. The largest absolute Gasteiger partial charge is 0.492 e. The summed E-state index contributed by atoms with van der Waals surface area (Å²) in [5, 5.41) is 9.81. The van der Waals surface area contributed by atoms with Gasteiger partial charge in [0, 0.05) is 12.6 Å². The monoisotopic (exact) mass is 251 g/mol. The molecule has 1 aromatic heterocycles. The predicted molar refractivity (Wildman–Crippen MR) is 67.6 cm³/mol. The highest BCUT2D eigenvalue weighted by atomic mass is 16.5. The number of ether oxygens (including phenoxy) is 1. The van der Waals surface area contributed by atoms with Crippen LogP contribution in [0.4, 0.5) is 0 Å². The molecule has 3 heterocycles. The molecule has 2 aliphatic heterocycles. The average molecular weight is 251 g/mol. The molecule has 0 aromatic carbocycles. The van der Waals surface area contributed by atoms with Crippen molar-refractivity contribution < 1.29 is 9.84 Å². The van der Waals surface area contributed by atoms with E-state index in [1.54, 1.807) is 0 Å². The average Bonchev–Trinajstić information content (AvgIpc) is 2.93. The van der Waals surface area contributed by atoms with Gasteiger partial charge < -0.3 is 14.8 Å². The minimum Gasteiger partial charge on any atom is -0.492 e. The molecule has 0 spiro atoms. The Balaban J connectivity index is 1.76. The standard InChI is InChI=1S/C13H21N3O2/c1-8(2)11-13(17)15-12(14-11)10-6-16-5-3-4-9(16)7-18-10/h8-10,17H,3-7H2,1-2H3,(H,14,15). The molecule has 0 bridgehead atoms. The van der Waals surface area contributed by atoms with E-state index in [1.165, 1.54) is 12.8 Å². The molecule has 0 amide bonds. The normalized spacial score (nSPS) is 28.8. The summed E-state index contributed by atoms with van der Waals surface area (Å²) in [5.41, 5.74) is 0.803. The molecular formula is C13H21N3O2. The summed E-state index contributed by atoms with van der Waals surface area (Å²) in [6.45, 7) is 6.90. The van der Waals surface area contributed by atoms with Crippen LogP contribution in [-0.2, 0) is 4.74 Å². The van der Waals surface area contributed by atoms with Crippen LogP contribution in [0.15, 0.2) is 0 Å². The SMILES string of the molecule is CC(C)c1[nH]c(C2CN3CCCC3CO2)nc1O. The second-order valence-corrected chi connectivity index (χ2v) is 5.63. The smallest absolute Gasteiger partial charge is 0.232 e. The Hall–Kier alpha value is -1.07. The number of hydrogen-bond donors (Lipinski definition) is 2. The number of aromatic hydroxyl groups is 1. The van der Waals surface area contributed by atoms with Crippen LogP contribution in [0.3, 0.4) is 0 Å². The second-order valence-electron chi connectivity index (χ2n) is 5.63. The van der Waals surface area contributed by atoms with E-state index in [4.69, 9.17) is 4.74 Å². The van der Waals surface area contributed by atoms with Gasteiger partial charge >= 0.3 is 0 Å². The zero-order valence-corrected chi connectivity index (χ0v) is 11.0. The van der Waals surface area contributed by atoms with E-state index in [0.717, 1.165) is 31.2 Å². The van der Waals surface area contributed by atoms with Crippen molar-refractivity contribution in [3.63, 3.8) is 0 Å². The molecule has 100 valence electrons. The molecule has 3 rings (SSSR count). The topological polar surface area (TPSA) is 61.4 Å². The lowest BCUT2D eigenvalue weighted by Crippen LogP contribution is -2.42. The van der Waals surface area contributed by atoms with Gasteiger partial charge in [-0.1, -0.05) is 13.8 Å². The lowest BCUT2D eigenvalue weighted by atomic mass is 10.1. The van der Waals surface area contributed by atoms with Crippen molar-refractivity contribution in [3.05, 3.63) is 11.5 Å². The molecule has 2 fully saturated rings. The van der Waals surface area contributed by atoms with Crippen molar-refractivity contribution in [3.8, 4) is 5.88 Å². The molecule has 1 aromatic rings. The van der Waals surface area contributed by atoms with Crippen LogP contribution in [0.1, 0.15) is 50.2 Å². The van der Waals surface area contributed by atoms with Crippen molar-refractivity contribution >= 4 is 0 Å². The Bertz CT molecular complexity index is 430. The number of morpholine rings is 1. The molecule has 0 aliphatic carbocycles. The number of rotatable bonds is 2. The summed E-state index contributed by atoms with van der Waals surface area (Å²) in [5.74, 6) is 1.13. The maximum absolute atomic E-state index is 9.81. The minimum atomic E-state index is -0.0299. The third-order valence-corrected chi connectivity index (χ3v) is 4.00. The van der Waals surface area contributed by atoms with Gasteiger partial charge in [-0.2, -0.15) is 4.98 Å². The highest BCUT2D eigenvalue weighted by molar-refractivity contribution is 5.23. The molecule has 5 heteroatoms. The first-order valence-electron chi connectivity index (χ1n) is 6.79. The van der Waals surface area contributed by atoms with E-state index >= 15 is 0 Å². The van der Waals surface area contributed by atoms with Crippen LogP contribution in [0.5, 0.6) is 5.88 Å². The fraction of sp³-hybridized carbons (Fsp3) is 0.769. The van der Waals surface area contributed by atoms with E-state index in [1.807, 2.05) is 13.8 Å². The third kappa shape index (κ3) is 2.01. The van der Waals surface area contributed by atoms with Gasteiger partial charge in [0.15, 0.2) is 0 Å². The van der Waals surface area contributed by atoms with E-state index in [-0.39, 0.29) is 17.9 Å². The van der Waals surface area contributed by atoms with Gasteiger partial charge in [0.05, 0.1) is 12.3 Å². The van der Waals surface area contributed by atoms with Gasteiger partial charge in [0.25, 0.3) is 0 Å². The van der Waals surface area contributed by atoms with Crippen molar-refractivity contribution in [2.45, 2.75) is 44.8 Å². The van der Waals surface area contributed by atoms with Crippen molar-refractivity contribution in [1.29, 1.82) is 0 Å². The molecular weight excluding hydrogens is 230 g/mol. The Labute approximate surface area is 107 Å². The molecule has 2 N–H and O–H groups in total. The number of imidazole rings is 1. The number of aromatic nitrogens is 2. The summed E-state index contributed by atoms with van der Waals surface area (Å²) in [4.78, 5) is 9.91. The molecule has 0 saturated carbocycles. The summed E-state index contributed by atoms with van der Waals surface area (Å²) in [6, 6.07) is 0.592. The van der Waals surface area contributed by atoms with Gasteiger partial charge in [-0.25, -0.2) is 0 Å². The highest BCUT2D eigenvalue weighted by Gasteiger charge is 2.34. The lowest BCUT2D eigenvalue weighted by Gasteiger charge is -2.34. The van der Waals surface area contributed by atoms with Crippen LogP contribution in [0, 0.1) is 0 Å². The molecule has 2 saturated heterocycles. The molecule has 2 unspecified atom stereocenters. The molecule has 5 nitrogen and oxygen atoms in total. The lowest BCUT2D eigenvalue weighted by molar-refractivity contribution is -0.0539. The van der Waals surface area contributed by atoms with E-state index in [2.05, 4.69) is 14.9 Å². The number of H-pyrrole nitrogens is 1. The number of hydrogen-bond acceptors (Lipinski definition) is 4. The number of fused-ring (bicyclic) bond motifs is 1. The van der Waals surface area contributed by atoms with E-state index < -0.39 is 0 Å². The molecule has 2 atom stereocenters. The summed E-state index contributed by atoms with van der Waals surface area (Å²) < 4.78 is 5.88. The maximum Gasteiger partial charge on any atom is 0.232 e. The van der Waals surface area contributed by atoms with Crippen molar-refractivity contribution in [2.24, 2.45) is 0 Å². The summed E-state index contributed by atoms with van der Waals surface area (Å²) >= 11 is 0. The first kappa shape index (κ1) is 12.0. The quantitative estimate of drug-likeness (QED) is 0.841. The van der Waals surface area contributed by atoms with Crippen LogP contribution in [0.2, 0.25) is 0 Å². The van der Waals surface area contributed by atoms with Gasteiger partial charge in [0.1, 0.15) is 11.9 Å². The zero-order chi connectivity index (χ0) is 12.7. The number of nitrogens with one attached hydrogen (secondary N) is 1. The van der Waals surface area contributed by atoms with Gasteiger partial charge in [-0.05, 0) is 25.3 Å². The number of nitrogens with zero attached hydrogens (tertiary/aromatic N) is 2. The Morgan fingerprint density at radius 2 is 2.33 bits per heavy atom. The fourth-order valence-corrected chi connectivity index (χ4v) is 2.93. The second kappa shape index (κ2) is 4.55. The third-order valence-electron chi connectivity index (χ3n) is 4.00. The van der Waals surface area contributed by atoms with Gasteiger partial charge in [-0.3, -0.25) is 4.90 Å². The van der Waals surface area contributed by atoms with Crippen LogP contribution < -0.4 is 0 Å². The first-order chi connectivity index (χ1) is 8.65. The molecule has 18 heavy (non-hydrogen) atoms. The van der Waals surface area contributed by atoms with Crippen LogP contribution in [-0.4, -0.2) is 45.7 Å². The van der Waals surface area contributed by atoms with Crippen LogP contribution in [0.25, 0.3) is 0 Å². The van der Waals surface area contributed by atoms with Crippen LogP contribution >= 0.6 is 0 Å². The Kier molecular flexibility index (Phi) is 3.03. The van der Waals surface area contributed by atoms with Crippen molar-refractivity contribution in [2.75, 3.05) is 19.7 Å². The Morgan fingerprint density at radius 3 is 3.06 bits per heavy atom. The summed E-state index contributed by atoms with van der Waals surface area (Å²) in [6.07, 6.45) is 2.48. The van der Waals surface area contributed by atoms with Gasteiger partial charge in [-0.15, -0.1) is 0 Å². The zero-order valence-electron chi connectivity index (χ0n) is 11.0. The molecule has 0 radical (unpaired) electrons. The molecule has 2 aliphatic rings. The van der Waals surface area contributed by atoms with E-state index in [0.29, 0.717) is 6.04 Å². The van der Waals surface area contributed by atoms with Gasteiger partial charge in [0.2, 0.25) is 5.88 Å². The highest BCUT2D eigenvalue weighted by Crippen LogP contribution is 2.31. The Morgan fingerprint density at radius 1 is 1.50 bits per heavy atom. The van der Waals surface area contributed by atoms with E-state index in [9.17, 15) is 5.11 Å². The number of aromatic amines is 1. The predicted octanol–water partition coefficient (Wildman–Crippen LogP) is 1.77.